The third-order valence-electron chi connectivity index (χ3n) is 2.44. The number of ether oxygens (including phenoxy) is 1. The Kier molecular flexibility index (Phi) is 3.21. The number of methoxy groups -OCH3 is 1. The van der Waals surface area contributed by atoms with Crippen molar-refractivity contribution in [2.24, 2.45) is 5.92 Å². The van der Waals surface area contributed by atoms with E-state index in [1.807, 2.05) is 19.1 Å². The van der Waals surface area contributed by atoms with Crippen molar-refractivity contribution in [3.63, 3.8) is 0 Å². The Bertz CT molecular complexity index is 297. The summed E-state index contributed by atoms with van der Waals surface area (Å²) in [7, 11) is 1.70. The minimum absolute atomic E-state index is 0.316. The van der Waals surface area contributed by atoms with Crippen LogP contribution in [0.25, 0.3) is 0 Å². The molecule has 1 nitrogen and oxygen atoms in total. The van der Waals surface area contributed by atoms with Crippen LogP contribution in [-0.4, -0.2) is 7.11 Å². The molecule has 0 bridgehead atoms. The Morgan fingerprint density at radius 3 is 2.46 bits per heavy atom. The van der Waals surface area contributed by atoms with Crippen molar-refractivity contribution in [3.8, 4) is 0 Å². The Labute approximate surface area is 84.7 Å². The average Bonchev–Trinajstić information content (AvgIpc) is 2.18. The van der Waals surface area contributed by atoms with Crippen LogP contribution in [0.1, 0.15) is 20.8 Å². The van der Waals surface area contributed by atoms with Gasteiger partial charge in [-0.3, -0.25) is 0 Å². The summed E-state index contributed by atoms with van der Waals surface area (Å²) in [6.07, 6.45) is 4.00. The van der Waals surface area contributed by atoms with Gasteiger partial charge in [0.25, 0.3) is 0 Å². The highest BCUT2D eigenvalue weighted by molar-refractivity contribution is 6.31. The number of allylic oxidation sites excluding steroid dienone is 5. The van der Waals surface area contributed by atoms with E-state index in [-0.39, 0.29) is 0 Å². The lowest BCUT2D eigenvalue weighted by Gasteiger charge is -2.13. The van der Waals surface area contributed by atoms with Crippen LogP contribution in [0.2, 0.25) is 0 Å². The van der Waals surface area contributed by atoms with Crippen molar-refractivity contribution in [1.82, 2.24) is 0 Å². The molecular weight excluding hydrogens is 184 g/mol. The zero-order valence-electron chi connectivity index (χ0n) is 8.52. The van der Waals surface area contributed by atoms with Crippen LogP contribution in [0, 0.1) is 5.92 Å². The van der Waals surface area contributed by atoms with Gasteiger partial charge in [-0.05, 0) is 31.6 Å². The van der Waals surface area contributed by atoms with Crippen molar-refractivity contribution in [2.45, 2.75) is 20.8 Å². The van der Waals surface area contributed by atoms with Gasteiger partial charge in [-0.25, -0.2) is 0 Å². The molecule has 1 aliphatic carbocycles. The summed E-state index contributed by atoms with van der Waals surface area (Å²) < 4.78 is 5.30. The van der Waals surface area contributed by atoms with Crippen LogP contribution in [0.5, 0.6) is 0 Å². The van der Waals surface area contributed by atoms with Crippen LogP contribution < -0.4 is 0 Å². The molecule has 0 amide bonds. The van der Waals surface area contributed by atoms with Gasteiger partial charge in [-0.2, -0.15) is 0 Å². The lowest BCUT2D eigenvalue weighted by Crippen LogP contribution is -2.02. The fourth-order valence-electron chi connectivity index (χ4n) is 1.31. The standard InChI is InChI=1S/C11H15ClO/c1-7-5-10(12)8(2)6-11(13-4)9(7)3/h5-6,9H,1-4H3. The first-order chi connectivity index (χ1) is 6.06. The summed E-state index contributed by atoms with van der Waals surface area (Å²) in [6, 6.07) is 0. The van der Waals surface area contributed by atoms with Gasteiger partial charge >= 0.3 is 0 Å². The molecule has 0 saturated carbocycles. The molecule has 1 rings (SSSR count). The Morgan fingerprint density at radius 1 is 1.31 bits per heavy atom. The number of hydrogen-bond donors (Lipinski definition) is 0. The molecule has 0 N–H and O–H groups in total. The minimum atomic E-state index is 0.316. The molecule has 1 atom stereocenters. The summed E-state index contributed by atoms with van der Waals surface area (Å²) in [5.74, 6) is 1.29. The van der Waals surface area contributed by atoms with E-state index in [0.717, 1.165) is 16.4 Å². The van der Waals surface area contributed by atoms with E-state index in [9.17, 15) is 0 Å². The maximum atomic E-state index is 6.06. The van der Waals surface area contributed by atoms with Crippen LogP contribution in [0.3, 0.4) is 0 Å². The van der Waals surface area contributed by atoms with E-state index in [0.29, 0.717) is 5.92 Å². The molecule has 0 radical (unpaired) electrons. The van der Waals surface area contributed by atoms with E-state index >= 15 is 0 Å². The Morgan fingerprint density at radius 2 is 1.92 bits per heavy atom. The van der Waals surface area contributed by atoms with Crippen molar-refractivity contribution >= 4 is 11.6 Å². The van der Waals surface area contributed by atoms with E-state index in [1.165, 1.54) is 5.57 Å². The molecule has 1 aliphatic rings. The molecule has 0 aromatic heterocycles. The van der Waals surface area contributed by atoms with Gasteiger partial charge in [-0.1, -0.05) is 24.1 Å². The van der Waals surface area contributed by atoms with Crippen LogP contribution >= 0.6 is 11.6 Å². The molecule has 1 unspecified atom stereocenters. The molecule has 72 valence electrons. The number of rotatable bonds is 1. The number of hydrogen-bond acceptors (Lipinski definition) is 1. The van der Waals surface area contributed by atoms with Gasteiger partial charge < -0.3 is 4.74 Å². The van der Waals surface area contributed by atoms with Crippen molar-refractivity contribution in [2.75, 3.05) is 7.11 Å². The lowest BCUT2D eigenvalue weighted by molar-refractivity contribution is 0.258. The monoisotopic (exact) mass is 198 g/mol. The minimum Gasteiger partial charge on any atom is -0.500 e. The van der Waals surface area contributed by atoms with Crippen molar-refractivity contribution in [3.05, 3.63) is 34.1 Å². The molecule has 0 heterocycles. The second-order valence-electron chi connectivity index (χ2n) is 3.39. The highest BCUT2D eigenvalue weighted by atomic mass is 35.5. The maximum absolute atomic E-state index is 6.06. The van der Waals surface area contributed by atoms with Crippen molar-refractivity contribution in [1.29, 1.82) is 0 Å². The quantitative estimate of drug-likeness (QED) is 0.625. The maximum Gasteiger partial charge on any atom is 0.103 e. The summed E-state index contributed by atoms with van der Waals surface area (Å²) in [5.41, 5.74) is 2.29. The molecule has 0 spiro atoms. The zero-order valence-corrected chi connectivity index (χ0v) is 9.27. The number of halogens is 1. The van der Waals surface area contributed by atoms with Gasteiger partial charge in [0.2, 0.25) is 0 Å². The topological polar surface area (TPSA) is 9.23 Å². The van der Waals surface area contributed by atoms with Crippen molar-refractivity contribution < 1.29 is 4.74 Å². The zero-order chi connectivity index (χ0) is 10.0. The van der Waals surface area contributed by atoms with Crippen LogP contribution in [0.4, 0.5) is 0 Å². The largest absolute Gasteiger partial charge is 0.500 e. The highest BCUT2D eigenvalue weighted by Crippen LogP contribution is 2.28. The fourth-order valence-corrected chi connectivity index (χ4v) is 1.53. The van der Waals surface area contributed by atoms with Crippen LogP contribution in [0.15, 0.2) is 34.1 Å². The summed E-state index contributed by atoms with van der Waals surface area (Å²) >= 11 is 6.06. The predicted molar refractivity (Wildman–Crippen MR) is 56.6 cm³/mol. The molecule has 2 heteroatoms. The fraction of sp³-hybridized carbons (Fsp3) is 0.455. The second-order valence-corrected chi connectivity index (χ2v) is 3.80. The predicted octanol–water partition coefficient (Wildman–Crippen LogP) is 3.63. The second kappa shape index (κ2) is 4.01. The summed E-state index contributed by atoms with van der Waals surface area (Å²) in [6.45, 7) is 6.17. The summed E-state index contributed by atoms with van der Waals surface area (Å²) in [5, 5.41) is 0.802. The van der Waals surface area contributed by atoms with E-state index in [2.05, 4.69) is 13.8 Å². The molecule has 0 aliphatic heterocycles. The smallest absolute Gasteiger partial charge is 0.103 e. The first kappa shape index (κ1) is 10.4. The SMILES string of the molecule is COC1=CC(C)=C(Cl)C=C(C)C1C. The van der Waals surface area contributed by atoms with Crippen LogP contribution in [-0.2, 0) is 4.74 Å². The summed E-state index contributed by atoms with van der Waals surface area (Å²) in [4.78, 5) is 0. The normalized spacial score (nSPS) is 23.6. The van der Waals surface area contributed by atoms with Gasteiger partial charge in [0.1, 0.15) is 5.76 Å². The molecular formula is C11H15ClO. The lowest BCUT2D eigenvalue weighted by atomic mass is 10.0. The van der Waals surface area contributed by atoms with Gasteiger partial charge in [0.05, 0.1) is 7.11 Å². The van der Waals surface area contributed by atoms with E-state index in [4.69, 9.17) is 16.3 Å². The third kappa shape index (κ3) is 2.16. The molecule has 0 aromatic carbocycles. The van der Waals surface area contributed by atoms with E-state index < -0.39 is 0 Å². The molecule has 13 heavy (non-hydrogen) atoms. The third-order valence-corrected chi connectivity index (χ3v) is 2.84. The molecule has 0 saturated heterocycles. The average molecular weight is 199 g/mol. The van der Waals surface area contributed by atoms with Gasteiger partial charge in [0, 0.05) is 11.0 Å². The Hall–Kier alpha value is -0.690. The first-order valence-corrected chi connectivity index (χ1v) is 4.74. The Balaban J connectivity index is 3.15. The molecule has 0 aromatic rings. The van der Waals surface area contributed by atoms with E-state index in [1.54, 1.807) is 7.11 Å². The molecule has 0 fully saturated rings. The van der Waals surface area contributed by atoms with Gasteiger partial charge in [-0.15, -0.1) is 0 Å². The first-order valence-electron chi connectivity index (χ1n) is 4.36. The van der Waals surface area contributed by atoms with Gasteiger partial charge in [0.15, 0.2) is 0 Å². The highest BCUT2D eigenvalue weighted by Gasteiger charge is 2.15.